The lowest BCUT2D eigenvalue weighted by molar-refractivity contribution is 0.102. The first-order chi connectivity index (χ1) is 8.97. The molecule has 0 aliphatic rings. The van der Waals surface area contributed by atoms with Gasteiger partial charge in [0.15, 0.2) is 0 Å². The average molecular weight is 323 g/mol. The standard InChI is InChI=1S/C14H12BrFN2O/c1-8-2-4-10(7-12(8)16)18-14(19)9-3-5-13(17)11(15)6-9/h2-7H,17H2,1H3,(H,18,19). The lowest BCUT2D eigenvalue weighted by Gasteiger charge is -2.07. The summed E-state index contributed by atoms with van der Waals surface area (Å²) < 4.78 is 14.0. The van der Waals surface area contributed by atoms with Crippen molar-refractivity contribution in [1.82, 2.24) is 0 Å². The van der Waals surface area contributed by atoms with Gasteiger partial charge in [0.1, 0.15) is 5.82 Å². The number of carbonyl (C=O) groups excluding carboxylic acids is 1. The SMILES string of the molecule is Cc1ccc(NC(=O)c2ccc(N)c(Br)c2)cc1F. The van der Waals surface area contributed by atoms with Crippen molar-refractivity contribution in [1.29, 1.82) is 0 Å². The van der Waals surface area contributed by atoms with Crippen LogP contribution in [0.15, 0.2) is 40.9 Å². The molecule has 0 fully saturated rings. The molecule has 2 aromatic carbocycles. The number of rotatable bonds is 2. The third kappa shape index (κ3) is 3.12. The smallest absolute Gasteiger partial charge is 0.255 e. The fourth-order valence-electron chi connectivity index (χ4n) is 1.54. The van der Waals surface area contributed by atoms with Crippen LogP contribution in [0.4, 0.5) is 15.8 Å². The largest absolute Gasteiger partial charge is 0.398 e. The van der Waals surface area contributed by atoms with E-state index in [9.17, 15) is 9.18 Å². The van der Waals surface area contributed by atoms with E-state index in [0.29, 0.717) is 27.0 Å². The number of anilines is 2. The van der Waals surface area contributed by atoms with Crippen LogP contribution in [0.1, 0.15) is 15.9 Å². The van der Waals surface area contributed by atoms with Crippen molar-refractivity contribution < 1.29 is 9.18 Å². The molecule has 0 aromatic heterocycles. The van der Waals surface area contributed by atoms with Gasteiger partial charge in [-0.1, -0.05) is 6.07 Å². The molecule has 0 heterocycles. The van der Waals surface area contributed by atoms with Gasteiger partial charge in [-0.25, -0.2) is 4.39 Å². The minimum Gasteiger partial charge on any atom is -0.398 e. The summed E-state index contributed by atoms with van der Waals surface area (Å²) in [6, 6.07) is 9.43. The van der Waals surface area contributed by atoms with Gasteiger partial charge in [-0.2, -0.15) is 0 Å². The monoisotopic (exact) mass is 322 g/mol. The lowest BCUT2D eigenvalue weighted by Crippen LogP contribution is -2.12. The number of halogens is 2. The molecular formula is C14H12BrFN2O. The van der Waals surface area contributed by atoms with Crippen molar-refractivity contribution in [3.63, 3.8) is 0 Å². The van der Waals surface area contributed by atoms with E-state index in [1.54, 1.807) is 37.3 Å². The van der Waals surface area contributed by atoms with Gasteiger partial charge in [0.2, 0.25) is 0 Å². The summed E-state index contributed by atoms with van der Waals surface area (Å²) in [5, 5.41) is 2.63. The second kappa shape index (κ2) is 5.40. The quantitative estimate of drug-likeness (QED) is 0.828. The molecule has 0 saturated heterocycles. The topological polar surface area (TPSA) is 55.1 Å². The Morgan fingerprint density at radius 1 is 1.26 bits per heavy atom. The van der Waals surface area contributed by atoms with E-state index in [0.717, 1.165) is 0 Å². The highest BCUT2D eigenvalue weighted by Gasteiger charge is 2.09. The summed E-state index contributed by atoms with van der Waals surface area (Å²) in [7, 11) is 0. The van der Waals surface area contributed by atoms with Crippen LogP contribution >= 0.6 is 15.9 Å². The predicted molar refractivity (Wildman–Crippen MR) is 77.6 cm³/mol. The highest BCUT2D eigenvalue weighted by molar-refractivity contribution is 9.10. The molecule has 0 radical (unpaired) electrons. The number of hydrogen-bond acceptors (Lipinski definition) is 2. The maximum atomic E-state index is 13.4. The Morgan fingerprint density at radius 3 is 2.63 bits per heavy atom. The number of nitrogens with one attached hydrogen (secondary N) is 1. The van der Waals surface area contributed by atoms with Gasteiger partial charge in [0, 0.05) is 21.4 Å². The predicted octanol–water partition coefficient (Wildman–Crippen LogP) is 3.73. The summed E-state index contributed by atoms with van der Waals surface area (Å²) in [4.78, 5) is 12.0. The van der Waals surface area contributed by atoms with Crippen molar-refractivity contribution in [3.05, 3.63) is 57.8 Å². The third-order valence-electron chi connectivity index (χ3n) is 2.69. The number of nitrogen functional groups attached to an aromatic ring is 1. The minimum atomic E-state index is -0.351. The summed E-state index contributed by atoms with van der Waals surface area (Å²) in [5.74, 6) is -0.666. The maximum absolute atomic E-state index is 13.4. The highest BCUT2D eigenvalue weighted by Crippen LogP contribution is 2.21. The van der Waals surface area contributed by atoms with Crippen LogP contribution < -0.4 is 11.1 Å². The molecule has 5 heteroatoms. The Balaban J connectivity index is 2.20. The number of aryl methyl sites for hydroxylation is 1. The average Bonchev–Trinajstić information content (AvgIpc) is 2.37. The first-order valence-electron chi connectivity index (χ1n) is 5.60. The van der Waals surface area contributed by atoms with Gasteiger partial charge in [-0.15, -0.1) is 0 Å². The molecule has 3 nitrogen and oxygen atoms in total. The normalized spacial score (nSPS) is 10.3. The second-order valence-corrected chi connectivity index (χ2v) is 5.01. The third-order valence-corrected chi connectivity index (χ3v) is 3.38. The van der Waals surface area contributed by atoms with E-state index < -0.39 is 0 Å². The number of nitrogens with two attached hydrogens (primary N) is 1. The zero-order chi connectivity index (χ0) is 14.0. The molecule has 98 valence electrons. The molecule has 3 N–H and O–H groups in total. The maximum Gasteiger partial charge on any atom is 0.255 e. The van der Waals surface area contributed by atoms with E-state index >= 15 is 0 Å². The molecule has 0 aliphatic heterocycles. The number of carbonyl (C=O) groups is 1. The molecule has 2 aromatic rings. The molecular weight excluding hydrogens is 311 g/mol. The molecule has 0 unspecified atom stereocenters. The highest BCUT2D eigenvalue weighted by atomic mass is 79.9. The zero-order valence-electron chi connectivity index (χ0n) is 10.2. The van der Waals surface area contributed by atoms with Gasteiger partial charge in [-0.05, 0) is 58.7 Å². The Morgan fingerprint density at radius 2 is 2.00 bits per heavy atom. The van der Waals surface area contributed by atoms with Gasteiger partial charge >= 0.3 is 0 Å². The Bertz CT molecular complexity index is 643. The fourth-order valence-corrected chi connectivity index (χ4v) is 1.92. The molecule has 0 spiro atoms. The Labute approximate surface area is 118 Å². The van der Waals surface area contributed by atoms with Crippen LogP contribution in [-0.4, -0.2) is 5.91 Å². The number of amides is 1. The van der Waals surface area contributed by atoms with E-state index in [4.69, 9.17) is 5.73 Å². The van der Waals surface area contributed by atoms with Crippen molar-refractivity contribution in [2.24, 2.45) is 0 Å². The van der Waals surface area contributed by atoms with Gasteiger partial charge in [0.25, 0.3) is 5.91 Å². The van der Waals surface area contributed by atoms with Crippen LogP contribution in [0, 0.1) is 12.7 Å². The molecule has 19 heavy (non-hydrogen) atoms. The van der Waals surface area contributed by atoms with Crippen LogP contribution in [0.5, 0.6) is 0 Å². The van der Waals surface area contributed by atoms with E-state index in [2.05, 4.69) is 21.2 Å². The fraction of sp³-hybridized carbons (Fsp3) is 0.0714. The Kier molecular flexibility index (Phi) is 3.85. The number of hydrogen-bond donors (Lipinski definition) is 2. The van der Waals surface area contributed by atoms with Crippen molar-refractivity contribution in [2.75, 3.05) is 11.1 Å². The van der Waals surface area contributed by atoms with E-state index in [1.165, 1.54) is 6.07 Å². The minimum absolute atomic E-state index is 0.316. The molecule has 0 bridgehead atoms. The lowest BCUT2D eigenvalue weighted by atomic mass is 10.1. The van der Waals surface area contributed by atoms with Crippen molar-refractivity contribution in [3.8, 4) is 0 Å². The zero-order valence-corrected chi connectivity index (χ0v) is 11.8. The van der Waals surface area contributed by atoms with Crippen LogP contribution in [0.25, 0.3) is 0 Å². The van der Waals surface area contributed by atoms with E-state index in [1.807, 2.05) is 0 Å². The summed E-state index contributed by atoms with van der Waals surface area (Å²) >= 11 is 3.26. The summed E-state index contributed by atoms with van der Waals surface area (Å²) in [6.45, 7) is 1.66. The van der Waals surface area contributed by atoms with Crippen LogP contribution in [-0.2, 0) is 0 Å². The van der Waals surface area contributed by atoms with Crippen molar-refractivity contribution >= 4 is 33.2 Å². The van der Waals surface area contributed by atoms with Gasteiger partial charge in [-0.3, -0.25) is 4.79 Å². The molecule has 1 amide bonds. The summed E-state index contributed by atoms with van der Waals surface area (Å²) in [5.41, 5.74) is 7.60. The number of benzene rings is 2. The molecule has 0 saturated carbocycles. The first kappa shape index (κ1) is 13.5. The van der Waals surface area contributed by atoms with Gasteiger partial charge in [0.05, 0.1) is 0 Å². The van der Waals surface area contributed by atoms with Crippen molar-refractivity contribution in [2.45, 2.75) is 6.92 Å². The molecule has 0 aliphatic carbocycles. The van der Waals surface area contributed by atoms with Crippen LogP contribution in [0.2, 0.25) is 0 Å². The Hall–Kier alpha value is -1.88. The molecule has 0 atom stereocenters. The molecule has 2 rings (SSSR count). The van der Waals surface area contributed by atoms with Crippen LogP contribution in [0.3, 0.4) is 0 Å². The second-order valence-electron chi connectivity index (χ2n) is 4.15. The van der Waals surface area contributed by atoms with E-state index in [-0.39, 0.29) is 11.7 Å². The first-order valence-corrected chi connectivity index (χ1v) is 6.39. The summed E-state index contributed by atoms with van der Waals surface area (Å²) in [6.07, 6.45) is 0. The van der Waals surface area contributed by atoms with Gasteiger partial charge < -0.3 is 11.1 Å².